The first kappa shape index (κ1) is 20.2. The van der Waals surface area contributed by atoms with E-state index in [9.17, 15) is 0 Å². The van der Waals surface area contributed by atoms with Gasteiger partial charge in [-0.1, -0.05) is 0 Å². The lowest BCUT2D eigenvalue weighted by Crippen LogP contribution is -2.52. The molecule has 2 saturated heterocycles. The fourth-order valence-electron chi connectivity index (χ4n) is 4.01. The van der Waals surface area contributed by atoms with Crippen LogP contribution in [-0.4, -0.2) is 74.2 Å². The molecule has 4 rings (SSSR count). The molecule has 0 amide bonds. The first-order valence-corrected chi connectivity index (χ1v) is 10.8. The Hall–Kier alpha value is -0.540. The van der Waals surface area contributed by atoms with Crippen LogP contribution in [0.2, 0.25) is 0 Å². The van der Waals surface area contributed by atoms with Crippen LogP contribution in [0, 0.1) is 5.92 Å². The molecular formula is C19H32IN5S. The van der Waals surface area contributed by atoms with E-state index < -0.39 is 0 Å². The van der Waals surface area contributed by atoms with Crippen LogP contribution in [-0.2, 0) is 0 Å². The molecule has 7 heteroatoms. The van der Waals surface area contributed by atoms with Crippen molar-refractivity contribution in [3.05, 3.63) is 17.5 Å². The molecule has 0 spiro atoms. The Kier molecular flexibility index (Phi) is 7.45. The average molecular weight is 489 g/mol. The Morgan fingerprint density at radius 1 is 1.19 bits per heavy atom. The van der Waals surface area contributed by atoms with E-state index in [1.165, 1.54) is 37.4 Å². The molecule has 0 aromatic carbocycles. The molecule has 0 bridgehead atoms. The highest BCUT2D eigenvalue weighted by atomic mass is 127. The van der Waals surface area contributed by atoms with Crippen molar-refractivity contribution in [2.45, 2.75) is 32.2 Å². The van der Waals surface area contributed by atoms with Gasteiger partial charge in [0, 0.05) is 51.9 Å². The molecule has 1 aromatic heterocycles. The fourth-order valence-corrected chi connectivity index (χ4v) is 4.80. The summed E-state index contributed by atoms with van der Waals surface area (Å²) >= 11 is 1.84. The van der Waals surface area contributed by atoms with Crippen LogP contribution in [0.3, 0.4) is 0 Å². The summed E-state index contributed by atoms with van der Waals surface area (Å²) in [6.07, 6.45) is 4.17. The number of aliphatic imine (C=N–C) groups is 1. The molecule has 146 valence electrons. The molecule has 1 saturated carbocycles. The summed E-state index contributed by atoms with van der Waals surface area (Å²) in [6.45, 7) is 10.9. The van der Waals surface area contributed by atoms with Gasteiger partial charge in [0.2, 0.25) is 0 Å². The van der Waals surface area contributed by atoms with Gasteiger partial charge in [0.25, 0.3) is 0 Å². The third-order valence-electron chi connectivity index (χ3n) is 5.61. The summed E-state index contributed by atoms with van der Waals surface area (Å²) < 4.78 is 0. The van der Waals surface area contributed by atoms with Crippen molar-refractivity contribution < 1.29 is 0 Å². The van der Waals surface area contributed by atoms with E-state index in [0.717, 1.165) is 57.2 Å². The normalized spacial score (nSPS) is 24.7. The summed E-state index contributed by atoms with van der Waals surface area (Å²) in [6, 6.07) is 5.28. The zero-order valence-electron chi connectivity index (χ0n) is 15.8. The van der Waals surface area contributed by atoms with E-state index in [1.807, 2.05) is 11.3 Å². The van der Waals surface area contributed by atoms with Crippen LogP contribution in [0.15, 0.2) is 22.5 Å². The maximum Gasteiger partial charge on any atom is 0.194 e. The Bertz CT molecular complexity index is 566. The number of hydrogen-bond acceptors (Lipinski definition) is 4. The standard InChI is InChI=1S/C19H31N5S.HI/c1-2-20-19(21-14-16-7-8-24(15-16)17-5-6-17)23-11-9-22(10-12-23)18-4-3-13-25-18;/h3-4,13,16-17H,2,5-12,14-15H2,1H3,(H,20,21);1H. The van der Waals surface area contributed by atoms with Gasteiger partial charge < -0.3 is 20.0 Å². The summed E-state index contributed by atoms with van der Waals surface area (Å²) in [7, 11) is 0. The second kappa shape index (κ2) is 9.59. The van der Waals surface area contributed by atoms with E-state index >= 15 is 0 Å². The lowest BCUT2D eigenvalue weighted by Gasteiger charge is -2.37. The molecule has 5 nitrogen and oxygen atoms in total. The SMILES string of the molecule is CCNC(=NCC1CCN(C2CC2)C1)N1CCN(c2cccs2)CC1.I. The zero-order valence-corrected chi connectivity index (χ0v) is 18.9. The molecule has 0 radical (unpaired) electrons. The predicted octanol–water partition coefficient (Wildman–Crippen LogP) is 2.94. The van der Waals surface area contributed by atoms with Gasteiger partial charge in [0.15, 0.2) is 5.96 Å². The lowest BCUT2D eigenvalue weighted by atomic mass is 10.1. The summed E-state index contributed by atoms with van der Waals surface area (Å²) in [5.41, 5.74) is 0. The number of guanidine groups is 1. The number of piperazine rings is 1. The van der Waals surface area contributed by atoms with Gasteiger partial charge in [-0.3, -0.25) is 4.99 Å². The third kappa shape index (κ3) is 5.04. The summed E-state index contributed by atoms with van der Waals surface area (Å²) in [5, 5.41) is 7.08. The van der Waals surface area contributed by atoms with Crippen molar-refractivity contribution in [3.8, 4) is 0 Å². The minimum atomic E-state index is 0. The number of likely N-dealkylation sites (tertiary alicyclic amines) is 1. The second-order valence-electron chi connectivity index (χ2n) is 7.50. The molecular weight excluding hydrogens is 457 g/mol. The molecule has 26 heavy (non-hydrogen) atoms. The predicted molar refractivity (Wildman–Crippen MR) is 122 cm³/mol. The molecule has 3 fully saturated rings. The van der Waals surface area contributed by atoms with E-state index in [1.54, 1.807) is 0 Å². The number of nitrogens with zero attached hydrogens (tertiary/aromatic N) is 4. The molecule has 3 heterocycles. The van der Waals surface area contributed by atoms with Gasteiger partial charge in [-0.15, -0.1) is 35.3 Å². The summed E-state index contributed by atoms with van der Waals surface area (Å²) in [5.74, 6) is 1.87. The molecule has 1 N–H and O–H groups in total. The number of halogens is 1. The molecule has 2 aliphatic heterocycles. The molecule has 1 aromatic rings. The number of rotatable bonds is 5. The maximum atomic E-state index is 5.01. The van der Waals surface area contributed by atoms with Gasteiger partial charge in [-0.25, -0.2) is 0 Å². The van der Waals surface area contributed by atoms with Crippen LogP contribution in [0.25, 0.3) is 0 Å². The molecule has 1 atom stereocenters. The van der Waals surface area contributed by atoms with Gasteiger partial charge in [0.1, 0.15) is 0 Å². The number of nitrogens with one attached hydrogen (secondary N) is 1. The van der Waals surface area contributed by atoms with Crippen LogP contribution < -0.4 is 10.2 Å². The Balaban J connectivity index is 0.00000196. The highest BCUT2D eigenvalue weighted by Crippen LogP contribution is 2.31. The first-order chi connectivity index (χ1) is 12.3. The smallest absolute Gasteiger partial charge is 0.194 e. The van der Waals surface area contributed by atoms with Crippen molar-refractivity contribution in [1.82, 2.24) is 15.1 Å². The van der Waals surface area contributed by atoms with Gasteiger partial charge in [0.05, 0.1) is 5.00 Å². The molecule has 1 unspecified atom stereocenters. The van der Waals surface area contributed by atoms with E-state index in [2.05, 4.69) is 44.5 Å². The van der Waals surface area contributed by atoms with Gasteiger partial charge in [-0.05, 0) is 56.2 Å². The molecule has 3 aliphatic rings. The quantitative estimate of drug-likeness (QED) is 0.392. The number of anilines is 1. The summed E-state index contributed by atoms with van der Waals surface area (Å²) in [4.78, 5) is 12.6. The van der Waals surface area contributed by atoms with Crippen LogP contribution in [0.4, 0.5) is 5.00 Å². The Morgan fingerprint density at radius 3 is 2.65 bits per heavy atom. The number of hydrogen-bond donors (Lipinski definition) is 1. The topological polar surface area (TPSA) is 34.1 Å². The largest absolute Gasteiger partial charge is 0.360 e. The third-order valence-corrected chi connectivity index (χ3v) is 6.54. The first-order valence-electron chi connectivity index (χ1n) is 9.89. The van der Waals surface area contributed by atoms with Crippen molar-refractivity contribution in [3.63, 3.8) is 0 Å². The van der Waals surface area contributed by atoms with Crippen molar-refractivity contribution in [2.24, 2.45) is 10.9 Å². The fraction of sp³-hybridized carbons (Fsp3) is 0.737. The van der Waals surface area contributed by atoms with Crippen LogP contribution in [0.1, 0.15) is 26.2 Å². The van der Waals surface area contributed by atoms with Crippen molar-refractivity contribution in [1.29, 1.82) is 0 Å². The van der Waals surface area contributed by atoms with Gasteiger partial charge in [-0.2, -0.15) is 0 Å². The van der Waals surface area contributed by atoms with E-state index in [-0.39, 0.29) is 24.0 Å². The average Bonchev–Trinajstić information content (AvgIpc) is 3.15. The van der Waals surface area contributed by atoms with Crippen molar-refractivity contribution in [2.75, 3.05) is 57.3 Å². The maximum absolute atomic E-state index is 5.01. The van der Waals surface area contributed by atoms with E-state index in [0.29, 0.717) is 0 Å². The highest BCUT2D eigenvalue weighted by molar-refractivity contribution is 14.0. The Labute approximate surface area is 178 Å². The van der Waals surface area contributed by atoms with Gasteiger partial charge >= 0.3 is 0 Å². The minimum Gasteiger partial charge on any atom is -0.360 e. The lowest BCUT2D eigenvalue weighted by molar-refractivity contribution is 0.315. The van der Waals surface area contributed by atoms with Crippen molar-refractivity contribution >= 4 is 46.3 Å². The van der Waals surface area contributed by atoms with Crippen LogP contribution >= 0.6 is 35.3 Å². The monoisotopic (exact) mass is 489 g/mol. The van der Waals surface area contributed by atoms with Crippen LogP contribution in [0.5, 0.6) is 0 Å². The number of thiophene rings is 1. The second-order valence-corrected chi connectivity index (χ2v) is 8.43. The van der Waals surface area contributed by atoms with E-state index in [4.69, 9.17) is 4.99 Å². The highest BCUT2D eigenvalue weighted by Gasteiger charge is 2.34. The molecule has 1 aliphatic carbocycles. The minimum absolute atomic E-state index is 0. The Morgan fingerprint density at radius 2 is 2.00 bits per heavy atom. The zero-order chi connectivity index (χ0) is 17.1.